The highest BCUT2D eigenvalue weighted by Crippen LogP contribution is 2.24. The summed E-state index contributed by atoms with van der Waals surface area (Å²) in [5.74, 6) is 0. The van der Waals surface area contributed by atoms with Crippen LogP contribution in [0, 0.1) is 0 Å². The normalized spacial score (nSPS) is 14.1. The van der Waals surface area contributed by atoms with E-state index in [4.69, 9.17) is 0 Å². The fraction of sp³-hybridized carbons (Fsp3) is 0.692. The molecule has 0 aliphatic rings. The van der Waals surface area contributed by atoms with Gasteiger partial charge in [0.15, 0.2) is 0 Å². The molecule has 0 saturated carbocycles. The third-order valence-electron chi connectivity index (χ3n) is 6.18. The minimum atomic E-state index is 0. The predicted molar refractivity (Wildman–Crippen MR) is 122 cm³/mol. The number of likely N-dealkylation sites (N-methyl/N-ethyl adjacent to an activating group) is 1. The highest BCUT2D eigenvalue weighted by atomic mass is 35.5. The second-order valence-corrected chi connectivity index (χ2v) is 8.63. The van der Waals surface area contributed by atoms with Crippen LogP contribution in [0.3, 0.4) is 0 Å². The molecule has 28 heavy (non-hydrogen) atoms. The van der Waals surface area contributed by atoms with Gasteiger partial charge in [0, 0.05) is 5.56 Å². The Morgan fingerprint density at radius 2 is 1.39 bits per heavy atom. The Hall–Kier alpha value is -0.790. The molecule has 0 saturated heterocycles. The molecule has 0 bridgehead atoms. The fourth-order valence-corrected chi connectivity index (χ4v) is 4.46. The highest BCUT2D eigenvalue weighted by Gasteiger charge is 2.30. The molecule has 2 unspecified atom stereocenters. The van der Waals surface area contributed by atoms with Gasteiger partial charge in [-0.25, -0.2) is 0 Å². The van der Waals surface area contributed by atoms with Crippen molar-refractivity contribution >= 4 is 0 Å². The largest absolute Gasteiger partial charge is 1.00 e. The maximum Gasteiger partial charge on any atom is 0.105 e. The molecule has 0 radical (unpaired) electrons. The summed E-state index contributed by atoms with van der Waals surface area (Å²) in [6, 6.07) is 11.7. The topological polar surface area (TPSA) is 0 Å². The molecule has 1 aromatic rings. The molecule has 0 aliphatic heterocycles. The molecule has 1 rings (SSSR count). The zero-order chi connectivity index (χ0) is 19.8. The molecule has 0 fully saturated rings. The van der Waals surface area contributed by atoms with Crippen molar-refractivity contribution in [3.63, 3.8) is 0 Å². The van der Waals surface area contributed by atoms with Crippen molar-refractivity contribution in [2.24, 2.45) is 0 Å². The second kappa shape index (κ2) is 17.1. The van der Waals surface area contributed by atoms with E-state index in [1.54, 1.807) is 0 Å². The van der Waals surface area contributed by atoms with Gasteiger partial charge in [0.1, 0.15) is 6.54 Å². The monoisotopic (exact) mass is 407 g/mol. The number of halogens is 1. The molecule has 1 aromatic carbocycles. The Bertz CT molecular complexity index is 473. The van der Waals surface area contributed by atoms with Crippen LogP contribution in [0.1, 0.15) is 96.5 Å². The average molecular weight is 408 g/mol. The summed E-state index contributed by atoms with van der Waals surface area (Å²) in [6.07, 6.45) is 18.9. The number of nitrogens with zero attached hydrogens (tertiary/aromatic N) is 1. The van der Waals surface area contributed by atoms with Crippen LogP contribution in [0.5, 0.6) is 0 Å². The van der Waals surface area contributed by atoms with Gasteiger partial charge < -0.3 is 16.9 Å². The number of rotatable bonds is 17. The number of benzene rings is 1. The Kier molecular flexibility index (Phi) is 16.6. The molecule has 0 aliphatic carbocycles. The van der Waals surface area contributed by atoms with Crippen molar-refractivity contribution in [2.45, 2.75) is 103 Å². The first-order chi connectivity index (χ1) is 13.2. The van der Waals surface area contributed by atoms with Crippen molar-refractivity contribution < 1.29 is 16.9 Å². The van der Waals surface area contributed by atoms with E-state index in [0.29, 0.717) is 0 Å². The summed E-state index contributed by atoms with van der Waals surface area (Å²) >= 11 is 0. The summed E-state index contributed by atoms with van der Waals surface area (Å²) in [5, 5.41) is 0. The van der Waals surface area contributed by atoms with Gasteiger partial charge in [-0.15, -0.1) is 0 Å². The van der Waals surface area contributed by atoms with Crippen LogP contribution in [-0.4, -0.2) is 24.1 Å². The Labute approximate surface area is 182 Å². The van der Waals surface area contributed by atoms with Crippen molar-refractivity contribution in [2.75, 3.05) is 13.6 Å². The van der Waals surface area contributed by atoms with Crippen molar-refractivity contribution in [1.29, 1.82) is 0 Å². The van der Waals surface area contributed by atoms with Crippen LogP contribution in [0.15, 0.2) is 43.0 Å². The first-order valence-corrected chi connectivity index (χ1v) is 11.6. The Balaban J connectivity index is 0.00000729. The lowest BCUT2D eigenvalue weighted by Gasteiger charge is -2.41. The van der Waals surface area contributed by atoms with Gasteiger partial charge in [-0.3, -0.25) is 0 Å². The molecule has 2 heteroatoms. The van der Waals surface area contributed by atoms with E-state index in [9.17, 15) is 0 Å². The third kappa shape index (κ3) is 11.3. The molecule has 0 spiro atoms. The summed E-state index contributed by atoms with van der Waals surface area (Å²) in [5.41, 5.74) is 1.45. The van der Waals surface area contributed by atoms with Gasteiger partial charge in [-0.05, 0) is 25.3 Å². The van der Waals surface area contributed by atoms with E-state index < -0.39 is 0 Å². The number of hydrogen-bond donors (Lipinski definition) is 0. The average Bonchev–Trinajstić information content (AvgIpc) is 2.67. The first kappa shape index (κ1) is 27.2. The zero-order valence-electron chi connectivity index (χ0n) is 19.0. The zero-order valence-corrected chi connectivity index (χ0v) is 19.7. The van der Waals surface area contributed by atoms with Crippen LogP contribution in [0.25, 0.3) is 0 Å². The summed E-state index contributed by atoms with van der Waals surface area (Å²) in [6.45, 7) is 10.9. The lowest BCUT2D eigenvalue weighted by molar-refractivity contribution is -0.941. The Morgan fingerprint density at radius 1 is 0.857 bits per heavy atom. The molecule has 1 nitrogen and oxygen atoms in total. The van der Waals surface area contributed by atoms with Gasteiger partial charge in [0.05, 0.1) is 19.6 Å². The minimum Gasteiger partial charge on any atom is -1.00 e. The molecule has 0 aromatic heterocycles. The molecule has 0 N–H and O–H groups in total. The minimum absolute atomic E-state index is 0. The van der Waals surface area contributed by atoms with Crippen LogP contribution in [-0.2, 0) is 6.54 Å². The summed E-state index contributed by atoms with van der Waals surface area (Å²) < 4.78 is 1.10. The molecule has 0 amide bonds. The van der Waals surface area contributed by atoms with Gasteiger partial charge in [0.2, 0.25) is 0 Å². The molecule has 162 valence electrons. The third-order valence-corrected chi connectivity index (χ3v) is 6.18. The van der Waals surface area contributed by atoms with Gasteiger partial charge in [0.25, 0.3) is 0 Å². The standard InChI is InChI=1S/C26H46N.ClH/c1-5-8-9-10-11-12-13-14-15-19-22-26(7-3)27(4,23-6-2)24-25-20-17-16-18-21-25;/h6,16-18,20-21,26H,2,5,7-15,19,22-24H2,1,3-4H3;1H/q+1;/p-1. The van der Waals surface area contributed by atoms with Gasteiger partial charge in [-0.1, -0.05) is 109 Å². The quantitative estimate of drug-likeness (QED) is 0.195. The van der Waals surface area contributed by atoms with Crippen molar-refractivity contribution in [3.8, 4) is 0 Å². The van der Waals surface area contributed by atoms with E-state index in [1.165, 1.54) is 82.6 Å². The second-order valence-electron chi connectivity index (χ2n) is 8.63. The maximum absolute atomic E-state index is 4.05. The van der Waals surface area contributed by atoms with E-state index in [0.717, 1.165) is 23.6 Å². The first-order valence-electron chi connectivity index (χ1n) is 11.6. The number of unbranched alkanes of at least 4 members (excludes halogenated alkanes) is 9. The maximum atomic E-state index is 4.05. The lowest BCUT2D eigenvalue weighted by Crippen LogP contribution is -3.00. The Morgan fingerprint density at radius 3 is 1.89 bits per heavy atom. The summed E-state index contributed by atoms with van der Waals surface area (Å²) in [4.78, 5) is 0. The van der Waals surface area contributed by atoms with E-state index >= 15 is 0 Å². The van der Waals surface area contributed by atoms with Gasteiger partial charge >= 0.3 is 0 Å². The predicted octanol–water partition coefficient (Wildman–Crippen LogP) is 4.91. The van der Waals surface area contributed by atoms with E-state index in [1.807, 2.05) is 0 Å². The SMILES string of the molecule is C=CC[N+](C)(Cc1ccccc1)C(CC)CCCCCCCCCCCC.[Cl-]. The van der Waals surface area contributed by atoms with E-state index in [-0.39, 0.29) is 12.4 Å². The van der Waals surface area contributed by atoms with Gasteiger partial charge in [-0.2, -0.15) is 0 Å². The molecular formula is C26H46ClN. The smallest absolute Gasteiger partial charge is 0.105 e. The lowest BCUT2D eigenvalue weighted by atomic mass is 9.99. The van der Waals surface area contributed by atoms with Crippen molar-refractivity contribution in [3.05, 3.63) is 48.6 Å². The molecule has 0 heterocycles. The van der Waals surface area contributed by atoms with Crippen LogP contribution in [0.4, 0.5) is 0 Å². The van der Waals surface area contributed by atoms with Crippen LogP contribution >= 0.6 is 0 Å². The molecular weight excluding hydrogens is 362 g/mol. The number of quaternary nitrogens is 1. The van der Waals surface area contributed by atoms with E-state index in [2.05, 4.69) is 63.9 Å². The number of hydrogen-bond acceptors (Lipinski definition) is 0. The van der Waals surface area contributed by atoms with Crippen molar-refractivity contribution in [1.82, 2.24) is 0 Å². The fourth-order valence-electron chi connectivity index (χ4n) is 4.46. The van der Waals surface area contributed by atoms with Crippen LogP contribution in [0.2, 0.25) is 0 Å². The molecule has 2 atom stereocenters. The summed E-state index contributed by atoms with van der Waals surface area (Å²) in [7, 11) is 2.43. The van der Waals surface area contributed by atoms with Crippen LogP contribution < -0.4 is 12.4 Å². The highest BCUT2D eigenvalue weighted by molar-refractivity contribution is 5.13.